The molecule has 0 amide bonds. The van der Waals surface area contributed by atoms with E-state index in [1.54, 1.807) is 7.11 Å². The molecule has 1 saturated carbocycles. The molecule has 2 heteroatoms. The molecule has 2 rings (SSSR count). The number of rotatable bonds is 4. The largest absolute Gasteiger partial charge is 0.497 e. The van der Waals surface area contributed by atoms with Gasteiger partial charge in [0.15, 0.2) is 0 Å². The van der Waals surface area contributed by atoms with E-state index in [4.69, 9.17) is 4.74 Å². The molecule has 0 bridgehead atoms. The highest BCUT2D eigenvalue weighted by Crippen LogP contribution is 2.41. The Kier molecular flexibility index (Phi) is 3.72. The molecule has 1 aliphatic rings. The van der Waals surface area contributed by atoms with Crippen molar-refractivity contribution in [3.05, 3.63) is 29.8 Å². The van der Waals surface area contributed by atoms with Crippen molar-refractivity contribution in [2.24, 2.45) is 5.41 Å². The van der Waals surface area contributed by atoms with E-state index in [-0.39, 0.29) is 11.5 Å². The van der Waals surface area contributed by atoms with Crippen LogP contribution in [0.5, 0.6) is 5.75 Å². The van der Waals surface area contributed by atoms with E-state index in [0.29, 0.717) is 0 Å². The van der Waals surface area contributed by atoms with Gasteiger partial charge in [-0.3, -0.25) is 0 Å². The zero-order valence-corrected chi connectivity index (χ0v) is 10.8. The van der Waals surface area contributed by atoms with Gasteiger partial charge >= 0.3 is 0 Å². The SMILES string of the molecule is COc1cccc(CC(O)C2(C)CCCC2)c1. The van der Waals surface area contributed by atoms with Gasteiger partial charge in [-0.05, 0) is 42.4 Å². The third-order valence-corrected chi connectivity index (χ3v) is 4.11. The van der Waals surface area contributed by atoms with Crippen LogP contribution < -0.4 is 4.74 Å². The van der Waals surface area contributed by atoms with Gasteiger partial charge in [0.25, 0.3) is 0 Å². The van der Waals surface area contributed by atoms with Crippen molar-refractivity contribution < 1.29 is 9.84 Å². The summed E-state index contributed by atoms with van der Waals surface area (Å²) in [5, 5.41) is 10.4. The molecule has 0 saturated heterocycles. The normalized spacial score (nSPS) is 20.2. The summed E-state index contributed by atoms with van der Waals surface area (Å²) < 4.78 is 5.21. The monoisotopic (exact) mass is 234 g/mol. The molecular weight excluding hydrogens is 212 g/mol. The zero-order chi connectivity index (χ0) is 12.3. The van der Waals surface area contributed by atoms with E-state index in [2.05, 4.69) is 13.0 Å². The van der Waals surface area contributed by atoms with Crippen LogP contribution in [0.25, 0.3) is 0 Å². The van der Waals surface area contributed by atoms with Gasteiger partial charge in [-0.1, -0.05) is 31.9 Å². The summed E-state index contributed by atoms with van der Waals surface area (Å²) >= 11 is 0. The molecule has 1 aromatic carbocycles. The van der Waals surface area contributed by atoms with Crippen LogP contribution >= 0.6 is 0 Å². The van der Waals surface area contributed by atoms with Crippen LogP contribution in [0.15, 0.2) is 24.3 Å². The smallest absolute Gasteiger partial charge is 0.119 e. The first-order valence-electron chi connectivity index (χ1n) is 6.45. The molecule has 1 atom stereocenters. The summed E-state index contributed by atoms with van der Waals surface area (Å²) in [5.74, 6) is 0.867. The van der Waals surface area contributed by atoms with Crippen molar-refractivity contribution in [2.45, 2.75) is 45.1 Å². The lowest BCUT2D eigenvalue weighted by Gasteiger charge is -2.30. The third kappa shape index (κ3) is 2.81. The first kappa shape index (κ1) is 12.4. The topological polar surface area (TPSA) is 29.5 Å². The predicted octanol–water partition coefficient (Wildman–Crippen LogP) is 3.18. The Morgan fingerprint density at radius 1 is 1.35 bits per heavy atom. The summed E-state index contributed by atoms with van der Waals surface area (Å²) in [4.78, 5) is 0. The van der Waals surface area contributed by atoms with Crippen molar-refractivity contribution in [1.82, 2.24) is 0 Å². The first-order chi connectivity index (χ1) is 8.14. The van der Waals surface area contributed by atoms with E-state index in [1.807, 2.05) is 18.2 Å². The van der Waals surface area contributed by atoms with Gasteiger partial charge in [0.1, 0.15) is 5.75 Å². The lowest BCUT2D eigenvalue weighted by Crippen LogP contribution is -2.31. The van der Waals surface area contributed by atoms with Crippen molar-refractivity contribution in [1.29, 1.82) is 0 Å². The predicted molar refractivity (Wildman–Crippen MR) is 69.3 cm³/mol. The molecule has 0 spiro atoms. The fourth-order valence-electron chi connectivity index (χ4n) is 2.78. The summed E-state index contributed by atoms with van der Waals surface area (Å²) in [7, 11) is 1.67. The van der Waals surface area contributed by atoms with Crippen molar-refractivity contribution >= 4 is 0 Å². The first-order valence-corrected chi connectivity index (χ1v) is 6.45. The van der Waals surface area contributed by atoms with E-state index < -0.39 is 0 Å². The fourth-order valence-corrected chi connectivity index (χ4v) is 2.78. The second-order valence-corrected chi connectivity index (χ2v) is 5.43. The van der Waals surface area contributed by atoms with Crippen molar-refractivity contribution in [3.63, 3.8) is 0 Å². The number of aliphatic hydroxyl groups excluding tert-OH is 1. The standard InChI is InChI=1S/C15H22O2/c1-15(8-3-4-9-15)14(16)11-12-6-5-7-13(10-12)17-2/h5-7,10,14,16H,3-4,8-9,11H2,1-2H3. The molecule has 2 nitrogen and oxygen atoms in total. The summed E-state index contributed by atoms with van der Waals surface area (Å²) in [5.41, 5.74) is 1.27. The molecule has 94 valence electrons. The molecule has 0 aliphatic heterocycles. The molecule has 1 aromatic rings. The van der Waals surface area contributed by atoms with E-state index in [9.17, 15) is 5.11 Å². The second-order valence-electron chi connectivity index (χ2n) is 5.43. The molecular formula is C15H22O2. The molecule has 17 heavy (non-hydrogen) atoms. The Morgan fingerprint density at radius 3 is 2.71 bits per heavy atom. The van der Waals surface area contributed by atoms with Gasteiger partial charge in [0.2, 0.25) is 0 Å². The van der Waals surface area contributed by atoms with Gasteiger partial charge in [0, 0.05) is 0 Å². The van der Waals surface area contributed by atoms with Crippen LogP contribution in [0.3, 0.4) is 0 Å². The van der Waals surface area contributed by atoms with Crippen LogP contribution in [-0.2, 0) is 6.42 Å². The van der Waals surface area contributed by atoms with Gasteiger partial charge in [-0.2, -0.15) is 0 Å². The van der Waals surface area contributed by atoms with Gasteiger partial charge < -0.3 is 9.84 Å². The zero-order valence-electron chi connectivity index (χ0n) is 10.8. The maximum absolute atomic E-state index is 10.4. The van der Waals surface area contributed by atoms with E-state index >= 15 is 0 Å². The molecule has 0 radical (unpaired) electrons. The van der Waals surface area contributed by atoms with Gasteiger partial charge in [0.05, 0.1) is 13.2 Å². The Morgan fingerprint density at radius 2 is 2.06 bits per heavy atom. The quantitative estimate of drug-likeness (QED) is 0.867. The second kappa shape index (κ2) is 5.09. The summed E-state index contributed by atoms with van der Waals surface area (Å²) in [6.45, 7) is 2.21. The number of hydrogen-bond acceptors (Lipinski definition) is 2. The van der Waals surface area contributed by atoms with Crippen LogP contribution in [0.1, 0.15) is 38.2 Å². The van der Waals surface area contributed by atoms with Gasteiger partial charge in [-0.25, -0.2) is 0 Å². The number of aliphatic hydroxyl groups is 1. The fraction of sp³-hybridized carbons (Fsp3) is 0.600. The van der Waals surface area contributed by atoms with Crippen LogP contribution in [0, 0.1) is 5.41 Å². The van der Waals surface area contributed by atoms with Crippen LogP contribution in [0.4, 0.5) is 0 Å². The third-order valence-electron chi connectivity index (χ3n) is 4.11. The number of methoxy groups -OCH3 is 1. The van der Waals surface area contributed by atoms with Gasteiger partial charge in [-0.15, -0.1) is 0 Å². The van der Waals surface area contributed by atoms with Crippen molar-refractivity contribution in [3.8, 4) is 5.75 Å². The van der Waals surface area contributed by atoms with Crippen molar-refractivity contribution in [2.75, 3.05) is 7.11 Å². The Hall–Kier alpha value is -1.02. The Labute approximate surface area is 104 Å². The van der Waals surface area contributed by atoms with E-state index in [0.717, 1.165) is 30.6 Å². The summed E-state index contributed by atoms with van der Waals surface area (Å²) in [6.07, 6.45) is 5.30. The lowest BCUT2D eigenvalue weighted by atomic mass is 9.80. The number of hydrogen-bond donors (Lipinski definition) is 1. The Bertz CT molecular complexity index is 367. The van der Waals surface area contributed by atoms with E-state index in [1.165, 1.54) is 12.8 Å². The number of benzene rings is 1. The molecule has 1 unspecified atom stereocenters. The minimum absolute atomic E-state index is 0.114. The average molecular weight is 234 g/mol. The summed E-state index contributed by atoms with van der Waals surface area (Å²) in [6, 6.07) is 8.00. The Balaban J connectivity index is 2.04. The highest BCUT2D eigenvalue weighted by atomic mass is 16.5. The minimum Gasteiger partial charge on any atom is -0.497 e. The maximum Gasteiger partial charge on any atom is 0.119 e. The number of ether oxygens (including phenoxy) is 1. The molecule has 1 aliphatic carbocycles. The molecule has 1 N–H and O–H groups in total. The maximum atomic E-state index is 10.4. The lowest BCUT2D eigenvalue weighted by molar-refractivity contribution is 0.0423. The average Bonchev–Trinajstić information content (AvgIpc) is 2.78. The van der Waals surface area contributed by atoms with Crippen LogP contribution in [0.2, 0.25) is 0 Å². The highest BCUT2D eigenvalue weighted by molar-refractivity contribution is 5.29. The van der Waals surface area contributed by atoms with Crippen LogP contribution in [-0.4, -0.2) is 18.3 Å². The minimum atomic E-state index is -0.239. The molecule has 0 heterocycles. The molecule has 1 fully saturated rings. The molecule has 0 aromatic heterocycles. The highest BCUT2D eigenvalue weighted by Gasteiger charge is 2.35.